The first-order valence-corrected chi connectivity index (χ1v) is 7.45. The largest absolute Gasteiger partial charge is 0.325 e. The maximum atomic E-state index is 6.08. The predicted octanol–water partition coefficient (Wildman–Crippen LogP) is 3.18. The van der Waals surface area contributed by atoms with Gasteiger partial charge in [-0.3, -0.25) is 0 Å². The van der Waals surface area contributed by atoms with Crippen molar-refractivity contribution in [2.45, 2.75) is 38.2 Å². The molecule has 1 atom stereocenters. The molecular weight excluding hydrogens is 258 g/mol. The van der Waals surface area contributed by atoms with E-state index >= 15 is 0 Å². The summed E-state index contributed by atoms with van der Waals surface area (Å²) in [6.45, 7) is 4.35. The Balaban J connectivity index is 2.05. The Hall–Kier alpha value is -1.06. The maximum absolute atomic E-state index is 6.08. The third-order valence-corrected chi connectivity index (χ3v) is 4.47. The van der Waals surface area contributed by atoms with Gasteiger partial charge in [-0.15, -0.1) is 11.6 Å². The summed E-state index contributed by atoms with van der Waals surface area (Å²) in [6, 6.07) is 6.90. The van der Waals surface area contributed by atoms with Crippen LogP contribution >= 0.6 is 11.6 Å². The number of hydrogen-bond donors (Lipinski definition) is 0. The fourth-order valence-electron chi connectivity index (χ4n) is 3.13. The first kappa shape index (κ1) is 12.9. The zero-order valence-corrected chi connectivity index (χ0v) is 12.3. The topological polar surface area (TPSA) is 21.1 Å². The fourth-order valence-corrected chi connectivity index (χ4v) is 3.34. The number of benzene rings is 1. The summed E-state index contributed by atoms with van der Waals surface area (Å²) < 4.78 is 2.32. The van der Waals surface area contributed by atoms with Crippen molar-refractivity contribution in [1.82, 2.24) is 14.5 Å². The van der Waals surface area contributed by atoms with Gasteiger partial charge in [-0.2, -0.15) is 0 Å². The number of halogens is 1. The standard InChI is InChI=1S/C15H20ClN3/c1-11-5-3-7-13-15(11)19(14(9-16)17-13)10-12-6-4-8-18(12)2/h3,5,7,12H,4,6,8-10H2,1-2H3. The van der Waals surface area contributed by atoms with Crippen molar-refractivity contribution in [2.75, 3.05) is 13.6 Å². The average molecular weight is 278 g/mol. The summed E-state index contributed by atoms with van der Waals surface area (Å²) in [7, 11) is 2.21. The van der Waals surface area contributed by atoms with Gasteiger partial charge in [0.2, 0.25) is 0 Å². The number of likely N-dealkylation sites (N-methyl/N-ethyl adjacent to an activating group) is 1. The zero-order chi connectivity index (χ0) is 13.4. The van der Waals surface area contributed by atoms with Gasteiger partial charge in [0, 0.05) is 12.6 Å². The molecule has 4 heteroatoms. The molecule has 0 bridgehead atoms. The highest BCUT2D eigenvalue weighted by molar-refractivity contribution is 6.16. The van der Waals surface area contributed by atoms with Crippen LogP contribution < -0.4 is 0 Å². The molecule has 1 unspecified atom stereocenters. The molecule has 2 heterocycles. The number of aromatic nitrogens is 2. The molecule has 1 aromatic heterocycles. The molecule has 0 amide bonds. The van der Waals surface area contributed by atoms with Crippen LogP contribution in [-0.4, -0.2) is 34.1 Å². The van der Waals surface area contributed by atoms with Crippen LogP contribution in [0.2, 0.25) is 0 Å². The van der Waals surface area contributed by atoms with Gasteiger partial charge in [-0.1, -0.05) is 12.1 Å². The van der Waals surface area contributed by atoms with Gasteiger partial charge in [-0.25, -0.2) is 4.98 Å². The van der Waals surface area contributed by atoms with Crippen molar-refractivity contribution < 1.29 is 0 Å². The monoisotopic (exact) mass is 277 g/mol. The van der Waals surface area contributed by atoms with E-state index in [2.05, 4.69) is 46.6 Å². The number of alkyl halides is 1. The van der Waals surface area contributed by atoms with E-state index in [9.17, 15) is 0 Å². The van der Waals surface area contributed by atoms with Gasteiger partial charge in [0.1, 0.15) is 5.82 Å². The van der Waals surface area contributed by atoms with Crippen LogP contribution in [0.1, 0.15) is 24.2 Å². The molecule has 0 aliphatic carbocycles. The van der Waals surface area contributed by atoms with E-state index in [1.54, 1.807) is 0 Å². The van der Waals surface area contributed by atoms with E-state index in [0.29, 0.717) is 11.9 Å². The SMILES string of the molecule is Cc1cccc2nc(CCl)n(CC3CCCN3C)c12. The third-order valence-electron chi connectivity index (χ3n) is 4.23. The lowest BCUT2D eigenvalue weighted by Crippen LogP contribution is -2.29. The lowest BCUT2D eigenvalue weighted by molar-refractivity contribution is 0.282. The van der Waals surface area contributed by atoms with Crippen LogP contribution in [0.25, 0.3) is 11.0 Å². The van der Waals surface area contributed by atoms with Crippen LogP contribution in [0.3, 0.4) is 0 Å². The van der Waals surface area contributed by atoms with E-state index in [4.69, 9.17) is 11.6 Å². The highest BCUT2D eigenvalue weighted by Gasteiger charge is 2.23. The molecule has 1 aromatic carbocycles. The summed E-state index contributed by atoms with van der Waals surface area (Å²) in [5.74, 6) is 1.47. The molecule has 3 nitrogen and oxygen atoms in total. The van der Waals surface area contributed by atoms with Crippen molar-refractivity contribution in [1.29, 1.82) is 0 Å². The Morgan fingerprint density at radius 3 is 2.95 bits per heavy atom. The average Bonchev–Trinajstić information content (AvgIpc) is 2.96. The van der Waals surface area contributed by atoms with Gasteiger partial charge in [0.15, 0.2) is 0 Å². The molecule has 1 aliphatic rings. The minimum absolute atomic E-state index is 0.477. The molecule has 1 saturated heterocycles. The molecule has 0 spiro atoms. The van der Waals surface area contributed by atoms with Crippen LogP contribution in [0.5, 0.6) is 0 Å². The maximum Gasteiger partial charge on any atom is 0.124 e. The molecule has 3 rings (SSSR count). The van der Waals surface area contributed by atoms with E-state index < -0.39 is 0 Å². The van der Waals surface area contributed by atoms with Crippen LogP contribution in [0, 0.1) is 6.92 Å². The van der Waals surface area contributed by atoms with E-state index in [-0.39, 0.29) is 0 Å². The van der Waals surface area contributed by atoms with Crippen LogP contribution in [-0.2, 0) is 12.4 Å². The molecule has 0 saturated carbocycles. The number of hydrogen-bond acceptors (Lipinski definition) is 2. The minimum atomic E-state index is 0.477. The predicted molar refractivity (Wildman–Crippen MR) is 79.7 cm³/mol. The third kappa shape index (κ3) is 2.26. The van der Waals surface area contributed by atoms with Gasteiger partial charge >= 0.3 is 0 Å². The molecule has 0 radical (unpaired) electrons. The van der Waals surface area contributed by atoms with Crippen molar-refractivity contribution in [3.8, 4) is 0 Å². The molecule has 0 N–H and O–H groups in total. The van der Waals surface area contributed by atoms with E-state index in [0.717, 1.165) is 17.9 Å². The summed E-state index contributed by atoms with van der Waals surface area (Å²) in [6.07, 6.45) is 2.56. The van der Waals surface area contributed by atoms with Gasteiger partial charge in [0.05, 0.1) is 16.9 Å². The first-order chi connectivity index (χ1) is 9.20. The van der Waals surface area contributed by atoms with Crippen LogP contribution in [0.15, 0.2) is 18.2 Å². The van der Waals surface area contributed by atoms with Gasteiger partial charge < -0.3 is 9.47 Å². The van der Waals surface area contributed by atoms with Crippen molar-refractivity contribution in [2.24, 2.45) is 0 Å². The normalized spacial score (nSPS) is 20.5. The first-order valence-electron chi connectivity index (χ1n) is 6.91. The number of aryl methyl sites for hydroxylation is 1. The molecule has 1 aliphatic heterocycles. The van der Waals surface area contributed by atoms with Crippen molar-refractivity contribution >= 4 is 22.6 Å². The highest BCUT2D eigenvalue weighted by atomic mass is 35.5. The Bertz CT molecular complexity index is 590. The Morgan fingerprint density at radius 1 is 1.42 bits per heavy atom. The molecule has 1 fully saturated rings. The fraction of sp³-hybridized carbons (Fsp3) is 0.533. The van der Waals surface area contributed by atoms with Crippen LogP contribution in [0.4, 0.5) is 0 Å². The number of para-hydroxylation sites is 1. The van der Waals surface area contributed by atoms with Crippen molar-refractivity contribution in [3.63, 3.8) is 0 Å². The number of imidazole rings is 1. The molecule has 102 valence electrons. The minimum Gasteiger partial charge on any atom is -0.325 e. The quantitative estimate of drug-likeness (QED) is 0.804. The Kier molecular flexibility index (Phi) is 3.50. The second kappa shape index (κ2) is 5.14. The molecule has 19 heavy (non-hydrogen) atoms. The lowest BCUT2D eigenvalue weighted by Gasteiger charge is -2.21. The van der Waals surface area contributed by atoms with E-state index in [1.165, 1.54) is 30.5 Å². The summed E-state index contributed by atoms with van der Waals surface area (Å²) in [5.41, 5.74) is 3.59. The number of likely N-dealkylation sites (tertiary alicyclic amines) is 1. The molecular formula is C15H20ClN3. The highest BCUT2D eigenvalue weighted by Crippen LogP contribution is 2.24. The Labute approximate surface area is 119 Å². The second-order valence-electron chi connectivity index (χ2n) is 5.49. The van der Waals surface area contributed by atoms with Gasteiger partial charge in [0.25, 0.3) is 0 Å². The number of rotatable bonds is 3. The Morgan fingerprint density at radius 2 is 2.26 bits per heavy atom. The van der Waals surface area contributed by atoms with Crippen molar-refractivity contribution in [3.05, 3.63) is 29.6 Å². The summed E-state index contributed by atoms with van der Waals surface area (Å²) >= 11 is 6.08. The van der Waals surface area contributed by atoms with Gasteiger partial charge in [-0.05, 0) is 45.0 Å². The smallest absolute Gasteiger partial charge is 0.124 e. The summed E-state index contributed by atoms with van der Waals surface area (Å²) in [4.78, 5) is 7.12. The lowest BCUT2D eigenvalue weighted by atomic mass is 10.2. The molecule has 2 aromatic rings. The van der Waals surface area contributed by atoms with E-state index in [1.807, 2.05) is 0 Å². The number of fused-ring (bicyclic) bond motifs is 1. The zero-order valence-electron chi connectivity index (χ0n) is 11.6. The second-order valence-corrected chi connectivity index (χ2v) is 5.76. The summed E-state index contributed by atoms with van der Waals surface area (Å²) in [5, 5.41) is 0. The number of nitrogens with zero attached hydrogens (tertiary/aromatic N) is 3.